The minimum Gasteiger partial charge on any atom is -0.255 e. The minimum absolute atomic E-state index is 0. The molecule has 0 fully saturated rings. The summed E-state index contributed by atoms with van der Waals surface area (Å²) in [6, 6.07) is 31.4. The van der Waals surface area contributed by atoms with Gasteiger partial charge in [-0.15, -0.1) is 0 Å². The molecule has 0 aromatic carbocycles. The largest absolute Gasteiger partial charge is 0.255 e. The molecule has 0 radical (unpaired) electrons. The Kier molecular flexibility index (Phi) is 13.6. The van der Waals surface area contributed by atoms with E-state index in [4.69, 9.17) is 0 Å². The van der Waals surface area contributed by atoms with Crippen molar-refractivity contribution in [3.8, 4) is 34.2 Å². The Hall–Kier alpha value is -4.00. The fourth-order valence-electron chi connectivity index (χ4n) is 3.61. The number of alkyl halides is 1. The summed E-state index contributed by atoms with van der Waals surface area (Å²) in [7, 11) is 0. The van der Waals surface area contributed by atoms with Gasteiger partial charge in [-0.25, -0.2) is 0 Å². The maximum atomic E-state index is 4.36. The van der Waals surface area contributed by atoms with Gasteiger partial charge in [0.2, 0.25) is 0 Å². The number of nitrogens with zero attached hydrogens (tertiary/aromatic N) is 6. The van der Waals surface area contributed by atoms with Gasteiger partial charge in [0.25, 0.3) is 0 Å². The van der Waals surface area contributed by atoms with Gasteiger partial charge < -0.3 is 0 Å². The Labute approximate surface area is 262 Å². The van der Waals surface area contributed by atoms with Crippen molar-refractivity contribution in [2.75, 3.05) is 5.33 Å². The van der Waals surface area contributed by atoms with Gasteiger partial charge >= 0.3 is 0 Å². The molecule has 0 saturated heterocycles. The molecule has 0 amide bonds. The van der Waals surface area contributed by atoms with Crippen molar-refractivity contribution >= 4 is 15.9 Å². The van der Waals surface area contributed by atoms with E-state index in [1.807, 2.05) is 97.3 Å². The fraction of sp³-hybridized carbons (Fsp3) is 0.0909. The van der Waals surface area contributed by atoms with Crippen LogP contribution in [-0.2, 0) is 25.9 Å². The second kappa shape index (κ2) is 17.6. The third-order valence-corrected chi connectivity index (χ3v) is 5.97. The smallest absolute Gasteiger partial charge is 0.0888 e. The summed E-state index contributed by atoms with van der Waals surface area (Å²) in [5.74, 6) is 0. The molecule has 0 spiro atoms. The second-order valence-corrected chi connectivity index (χ2v) is 9.36. The van der Waals surface area contributed by atoms with Gasteiger partial charge in [0, 0.05) is 62.0 Å². The SMILES string of the molecule is Cc1ccnc(-c2cc(CCBr)ccn2)c1.[Ru].c1ccc(-c2ccccn2)nc1.c1ccc(-c2ccccn2)nc1. The summed E-state index contributed by atoms with van der Waals surface area (Å²) >= 11 is 3.44. The number of pyridine rings is 6. The van der Waals surface area contributed by atoms with E-state index in [0.717, 1.165) is 45.9 Å². The van der Waals surface area contributed by atoms with Crippen LogP contribution in [0.25, 0.3) is 34.2 Å². The van der Waals surface area contributed by atoms with Crippen molar-refractivity contribution in [1.29, 1.82) is 0 Å². The molecule has 0 N–H and O–H groups in total. The zero-order valence-electron chi connectivity index (χ0n) is 22.5. The number of aromatic nitrogens is 6. The van der Waals surface area contributed by atoms with E-state index in [2.05, 4.69) is 64.9 Å². The van der Waals surface area contributed by atoms with Crippen LogP contribution in [-0.4, -0.2) is 35.2 Å². The van der Waals surface area contributed by atoms with Crippen molar-refractivity contribution in [1.82, 2.24) is 29.9 Å². The van der Waals surface area contributed by atoms with Gasteiger partial charge in [-0.05, 0) is 97.3 Å². The molecule has 6 aromatic heterocycles. The molecule has 0 saturated carbocycles. The topological polar surface area (TPSA) is 77.3 Å². The van der Waals surface area contributed by atoms with Crippen molar-refractivity contribution in [2.45, 2.75) is 13.3 Å². The first-order valence-electron chi connectivity index (χ1n) is 12.8. The molecule has 206 valence electrons. The predicted octanol–water partition coefficient (Wildman–Crippen LogP) is 7.67. The average Bonchev–Trinajstić information content (AvgIpc) is 3.04. The summed E-state index contributed by atoms with van der Waals surface area (Å²) in [4.78, 5) is 25.4. The number of halogens is 1. The summed E-state index contributed by atoms with van der Waals surface area (Å²) in [5.41, 5.74) is 8.04. The zero-order valence-corrected chi connectivity index (χ0v) is 25.9. The molecule has 6 aromatic rings. The minimum atomic E-state index is 0. The summed E-state index contributed by atoms with van der Waals surface area (Å²) in [6.45, 7) is 2.06. The van der Waals surface area contributed by atoms with E-state index in [-0.39, 0.29) is 19.5 Å². The average molecular weight is 691 g/mol. The van der Waals surface area contributed by atoms with Crippen molar-refractivity contribution in [3.63, 3.8) is 0 Å². The molecule has 0 aliphatic carbocycles. The molecule has 0 atom stereocenters. The molecule has 0 aliphatic rings. The molecule has 6 nitrogen and oxygen atoms in total. The second-order valence-electron chi connectivity index (χ2n) is 8.57. The van der Waals surface area contributed by atoms with Crippen LogP contribution in [0.1, 0.15) is 11.1 Å². The molecule has 6 rings (SSSR count). The molecule has 8 heteroatoms. The van der Waals surface area contributed by atoms with Crippen LogP contribution < -0.4 is 0 Å². The summed E-state index contributed by atoms with van der Waals surface area (Å²) in [5, 5.41) is 0.970. The Morgan fingerprint density at radius 1 is 0.463 bits per heavy atom. The van der Waals surface area contributed by atoms with Crippen LogP contribution in [0.15, 0.2) is 134 Å². The van der Waals surface area contributed by atoms with Gasteiger partial charge in [-0.2, -0.15) is 0 Å². The monoisotopic (exact) mass is 690 g/mol. The standard InChI is InChI=1S/C13H13BrN2.2C10H8N2.Ru/c1-10-3-6-15-12(8-10)13-9-11(2-5-14)4-7-16-13;2*1-3-7-11-9(5-1)10-6-2-4-8-12-10;/h3-4,6-9H,2,5H2,1H3;2*1-8H;. The number of rotatable bonds is 5. The Morgan fingerprint density at radius 2 is 0.854 bits per heavy atom. The molecule has 6 heterocycles. The van der Waals surface area contributed by atoms with Crippen molar-refractivity contribution in [2.24, 2.45) is 0 Å². The van der Waals surface area contributed by atoms with E-state index in [1.165, 1.54) is 11.1 Å². The van der Waals surface area contributed by atoms with Gasteiger partial charge in [0.05, 0.1) is 34.2 Å². The molecular weight excluding hydrogens is 661 g/mol. The van der Waals surface area contributed by atoms with E-state index in [0.29, 0.717) is 0 Å². The van der Waals surface area contributed by atoms with E-state index >= 15 is 0 Å². The normalized spacial score (nSPS) is 9.71. The molecule has 41 heavy (non-hydrogen) atoms. The first kappa shape index (κ1) is 31.5. The van der Waals surface area contributed by atoms with Crippen molar-refractivity contribution in [3.05, 3.63) is 145 Å². The van der Waals surface area contributed by atoms with Crippen LogP contribution in [0, 0.1) is 6.92 Å². The van der Waals surface area contributed by atoms with Gasteiger partial charge in [-0.3, -0.25) is 29.9 Å². The summed E-state index contributed by atoms with van der Waals surface area (Å²) in [6.07, 6.45) is 11.8. The first-order chi connectivity index (χ1) is 19.7. The third-order valence-electron chi connectivity index (χ3n) is 5.57. The maximum absolute atomic E-state index is 4.36. The number of hydrogen-bond donors (Lipinski definition) is 0. The quantitative estimate of drug-likeness (QED) is 0.137. The predicted molar refractivity (Wildman–Crippen MR) is 165 cm³/mol. The van der Waals surface area contributed by atoms with E-state index in [9.17, 15) is 0 Å². The summed E-state index contributed by atoms with van der Waals surface area (Å²) < 4.78 is 0. The van der Waals surface area contributed by atoms with Crippen LogP contribution >= 0.6 is 15.9 Å². The Balaban J connectivity index is 0.000000169. The van der Waals surface area contributed by atoms with Crippen LogP contribution in [0.4, 0.5) is 0 Å². The van der Waals surface area contributed by atoms with E-state index in [1.54, 1.807) is 24.8 Å². The van der Waals surface area contributed by atoms with Gasteiger partial charge in [-0.1, -0.05) is 40.2 Å². The zero-order chi connectivity index (χ0) is 27.8. The number of aryl methyl sites for hydroxylation is 2. The van der Waals surface area contributed by atoms with Gasteiger partial charge in [0.1, 0.15) is 0 Å². The molecule has 0 unspecified atom stereocenters. The molecule has 0 bridgehead atoms. The Bertz CT molecular complexity index is 1410. The third kappa shape index (κ3) is 10.5. The van der Waals surface area contributed by atoms with Crippen LogP contribution in [0.2, 0.25) is 0 Å². The molecular formula is C33H29BrN6Ru. The number of hydrogen-bond acceptors (Lipinski definition) is 6. The molecule has 0 aliphatic heterocycles. The maximum Gasteiger partial charge on any atom is 0.0888 e. The van der Waals surface area contributed by atoms with Crippen molar-refractivity contribution < 1.29 is 19.5 Å². The Morgan fingerprint density at radius 3 is 1.22 bits per heavy atom. The fourth-order valence-corrected chi connectivity index (χ4v) is 4.07. The van der Waals surface area contributed by atoms with Crippen LogP contribution in [0.5, 0.6) is 0 Å². The van der Waals surface area contributed by atoms with Crippen LogP contribution in [0.3, 0.4) is 0 Å². The van der Waals surface area contributed by atoms with E-state index < -0.39 is 0 Å². The van der Waals surface area contributed by atoms with Gasteiger partial charge in [0.15, 0.2) is 0 Å². The first-order valence-corrected chi connectivity index (χ1v) is 13.9.